The number of nitrogens with zero attached hydrogens (tertiary/aromatic N) is 3. The van der Waals surface area contributed by atoms with E-state index in [2.05, 4.69) is 28.1 Å². The molecule has 1 unspecified atom stereocenters. The van der Waals surface area contributed by atoms with E-state index in [0.29, 0.717) is 12.6 Å². The first-order valence-corrected chi connectivity index (χ1v) is 6.83. The van der Waals surface area contributed by atoms with Crippen molar-refractivity contribution in [3.8, 4) is 0 Å². The molecule has 2 rings (SSSR count). The SMILES string of the molecule is Cc1nc2ccccn2c1CN(CC(C)O)C(C)C. The first-order chi connectivity index (χ1) is 8.99. The van der Waals surface area contributed by atoms with E-state index in [-0.39, 0.29) is 6.10 Å². The summed E-state index contributed by atoms with van der Waals surface area (Å²) in [6.45, 7) is 9.67. The van der Waals surface area contributed by atoms with Crippen LogP contribution in [0.5, 0.6) is 0 Å². The van der Waals surface area contributed by atoms with Gasteiger partial charge in [-0.15, -0.1) is 0 Å². The van der Waals surface area contributed by atoms with Crippen molar-refractivity contribution in [1.29, 1.82) is 0 Å². The molecule has 0 aromatic carbocycles. The van der Waals surface area contributed by atoms with Crippen LogP contribution in [0.2, 0.25) is 0 Å². The maximum Gasteiger partial charge on any atom is 0.137 e. The molecule has 2 heterocycles. The molecule has 1 atom stereocenters. The van der Waals surface area contributed by atoms with E-state index in [0.717, 1.165) is 17.9 Å². The predicted octanol–water partition coefficient (Wildman–Crippen LogP) is 2.23. The van der Waals surface area contributed by atoms with E-state index in [1.54, 1.807) is 0 Å². The second-order valence-corrected chi connectivity index (χ2v) is 5.44. The first kappa shape index (κ1) is 14.0. The fourth-order valence-corrected chi connectivity index (χ4v) is 2.34. The number of fused-ring (bicyclic) bond motifs is 1. The zero-order chi connectivity index (χ0) is 14.0. The zero-order valence-corrected chi connectivity index (χ0v) is 12.2. The Morgan fingerprint density at radius 1 is 1.32 bits per heavy atom. The molecule has 104 valence electrons. The lowest BCUT2D eigenvalue weighted by molar-refractivity contribution is 0.101. The molecule has 4 heteroatoms. The molecule has 4 nitrogen and oxygen atoms in total. The van der Waals surface area contributed by atoms with Crippen molar-refractivity contribution in [2.75, 3.05) is 6.54 Å². The van der Waals surface area contributed by atoms with Crippen LogP contribution in [0.4, 0.5) is 0 Å². The van der Waals surface area contributed by atoms with Gasteiger partial charge in [0.05, 0.1) is 17.5 Å². The number of pyridine rings is 1. The Hall–Kier alpha value is -1.39. The Labute approximate surface area is 114 Å². The molecule has 0 amide bonds. The number of hydrogen-bond donors (Lipinski definition) is 1. The van der Waals surface area contributed by atoms with Gasteiger partial charge >= 0.3 is 0 Å². The smallest absolute Gasteiger partial charge is 0.137 e. The lowest BCUT2D eigenvalue weighted by Gasteiger charge is -2.27. The van der Waals surface area contributed by atoms with Crippen LogP contribution in [-0.2, 0) is 6.54 Å². The third kappa shape index (κ3) is 3.14. The molecule has 0 bridgehead atoms. The average molecular weight is 261 g/mol. The topological polar surface area (TPSA) is 40.8 Å². The highest BCUT2D eigenvalue weighted by molar-refractivity contribution is 5.42. The van der Waals surface area contributed by atoms with Crippen LogP contribution in [0.15, 0.2) is 24.4 Å². The molecule has 0 aliphatic heterocycles. The Morgan fingerprint density at radius 3 is 2.68 bits per heavy atom. The van der Waals surface area contributed by atoms with Crippen LogP contribution in [0.1, 0.15) is 32.2 Å². The molecule has 0 radical (unpaired) electrons. The van der Waals surface area contributed by atoms with Crippen LogP contribution < -0.4 is 0 Å². The van der Waals surface area contributed by atoms with Crippen molar-refractivity contribution in [2.45, 2.75) is 46.4 Å². The molecule has 0 fully saturated rings. The summed E-state index contributed by atoms with van der Waals surface area (Å²) in [5.41, 5.74) is 3.24. The lowest BCUT2D eigenvalue weighted by Crippen LogP contribution is -2.36. The fraction of sp³-hybridized carbons (Fsp3) is 0.533. The minimum absolute atomic E-state index is 0.318. The van der Waals surface area contributed by atoms with Crippen LogP contribution in [0.25, 0.3) is 5.65 Å². The molecule has 2 aromatic rings. The molecule has 2 aromatic heterocycles. The van der Waals surface area contributed by atoms with Gasteiger partial charge in [-0.05, 0) is 39.8 Å². The summed E-state index contributed by atoms with van der Waals surface area (Å²) in [7, 11) is 0. The van der Waals surface area contributed by atoms with Gasteiger partial charge < -0.3 is 9.51 Å². The van der Waals surface area contributed by atoms with Gasteiger partial charge in [-0.1, -0.05) is 6.07 Å². The zero-order valence-electron chi connectivity index (χ0n) is 12.2. The lowest BCUT2D eigenvalue weighted by atomic mass is 10.2. The minimum Gasteiger partial charge on any atom is -0.392 e. The monoisotopic (exact) mass is 261 g/mol. The largest absolute Gasteiger partial charge is 0.392 e. The molecule has 0 spiro atoms. The van der Waals surface area contributed by atoms with E-state index >= 15 is 0 Å². The average Bonchev–Trinajstić information content (AvgIpc) is 2.64. The van der Waals surface area contributed by atoms with E-state index < -0.39 is 0 Å². The normalized spacial score (nSPS) is 13.6. The number of aryl methyl sites for hydroxylation is 1. The van der Waals surface area contributed by atoms with Gasteiger partial charge in [-0.2, -0.15) is 0 Å². The van der Waals surface area contributed by atoms with Crippen LogP contribution in [0, 0.1) is 6.92 Å². The maximum atomic E-state index is 9.62. The third-order valence-corrected chi connectivity index (χ3v) is 3.41. The molecule has 0 aliphatic carbocycles. The van der Waals surface area contributed by atoms with E-state index in [1.165, 1.54) is 5.69 Å². The molecule has 1 N–H and O–H groups in total. The first-order valence-electron chi connectivity index (χ1n) is 6.83. The molecular weight excluding hydrogens is 238 g/mol. The Morgan fingerprint density at radius 2 is 2.05 bits per heavy atom. The van der Waals surface area contributed by atoms with Crippen molar-refractivity contribution in [3.05, 3.63) is 35.8 Å². The quantitative estimate of drug-likeness (QED) is 0.897. The molecule has 0 aliphatic rings. The van der Waals surface area contributed by atoms with Crippen molar-refractivity contribution in [2.24, 2.45) is 0 Å². The maximum absolute atomic E-state index is 9.62. The van der Waals surface area contributed by atoms with Crippen molar-refractivity contribution < 1.29 is 5.11 Å². The Kier molecular flexibility index (Phi) is 4.22. The summed E-state index contributed by atoms with van der Waals surface area (Å²) in [4.78, 5) is 6.85. The van der Waals surface area contributed by atoms with Crippen LogP contribution in [-0.4, -0.2) is 38.1 Å². The number of imidazole rings is 1. The Balaban J connectivity index is 2.30. The third-order valence-electron chi connectivity index (χ3n) is 3.41. The highest BCUT2D eigenvalue weighted by Gasteiger charge is 2.16. The van der Waals surface area contributed by atoms with Gasteiger partial charge in [-0.3, -0.25) is 4.90 Å². The molecule has 0 saturated carbocycles. The highest BCUT2D eigenvalue weighted by Crippen LogP contribution is 2.15. The van der Waals surface area contributed by atoms with Gasteiger partial charge in [0.15, 0.2) is 0 Å². The molecule has 0 saturated heterocycles. The summed E-state index contributed by atoms with van der Waals surface area (Å²) in [6, 6.07) is 6.43. The predicted molar refractivity (Wildman–Crippen MR) is 77.2 cm³/mol. The van der Waals surface area contributed by atoms with E-state index in [1.807, 2.05) is 38.2 Å². The number of aliphatic hydroxyl groups is 1. The number of aliphatic hydroxyl groups excluding tert-OH is 1. The Bertz CT molecular complexity index is 545. The van der Waals surface area contributed by atoms with Gasteiger partial charge in [-0.25, -0.2) is 4.98 Å². The standard InChI is InChI=1S/C15H23N3O/c1-11(2)17(9-12(3)19)10-14-13(4)16-15-7-5-6-8-18(14)15/h5-8,11-12,19H,9-10H2,1-4H3. The van der Waals surface area contributed by atoms with E-state index in [4.69, 9.17) is 0 Å². The van der Waals surface area contributed by atoms with Crippen molar-refractivity contribution >= 4 is 5.65 Å². The van der Waals surface area contributed by atoms with Gasteiger partial charge in [0.1, 0.15) is 5.65 Å². The van der Waals surface area contributed by atoms with Crippen LogP contribution >= 0.6 is 0 Å². The number of hydrogen-bond acceptors (Lipinski definition) is 3. The fourth-order valence-electron chi connectivity index (χ4n) is 2.34. The summed E-state index contributed by atoms with van der Waals surface area (Å²) in [6.07, 6.45) is 1.73. The van der Waals surface area contributed by atoms with Gasteiger partial charge in [0.25, 0.3) is 0 Å². The minimum atomic E-state index is -0.318. The van der Waals surface area contributed by atoms with Gasteiger partial charge in [0.2, 0.25) is 0 Å². The summed E-state index contributed by atoms with van der Waals surface area (Å²) in [5, 5.41) is 9.62. The second-order valence-electron chi connectivity index (χ2n) is 5.44. The summed E-state index contributed by atoms with van der Waals surface area (Å²) >= 11 is 0. The number of aromatic nitrogens is 2. The molecular formula is C15H23N3O. The van der Waals surface area contributed by atoms with Crippen molar-refractivity contribution in [1.82, 2.24) is 14.3 Å². The summed E-state index contributed by atoms with van der Waals surface area (Å²) in [5.74, 6) is 0. The van der Waals surface area contributed by atoms with Crippen molar-refractivity contribution in [3.63, 3.8) is 0 Å². The van der Waals surface area contributed by atoms with Crippen LogP contribution in [0.3, 0.4) is 0 Å². The number of rotatable bonds is 5. The second kappa shape index (κ2) is 5.72. The van der Waals surface area contributed by atoms with E-state index in [9.17, 15) is 5.11 Å². The van der Waals surface area contributed by atoms with Gasteiger partial charge in [0, 0.05) is 25.3 Å². The highest BCUT2D eigenvalue weighted by atomic mass is 16.3. The molecule has 19 heavy (non-hydrogen) atoms. The summed E-state index contributed by atoms with van der Waals surface area (Å²) < 4.78 is 2.13.